The highest BCUT2D eigenvalue weighted by molar-refractivity contribution is 5.80. The van der Waals surface area contributed by atoms with Crippen molar-refractivity contribution in [1.82, 2.24) is 10.2 Å². The van der Waals surface area contributed by atoms with Crippen LogP contribution in [0.4, 0.5) is 0 Å². The molecule has 0 spiro atoms. The van der Waals surface area contributed by atoms with Gasteiger partial charge in [-0.25, -0.2) is 0 Å². The summed E-state index contributed by atoms with van der Waals surface area (Å²) in [5, 5.41) is 14.1. The van der Waals surface area contributed by atoms with E-state index in [0.29, 0.717) is 37.0 Å². The topological polar surface area (TPSA) is 107 Å². The maximum absolute atomic E-state index is 14.1. The summed E-state index contributed by atoms with van der Waals surface area (Å²) in [6.07, 6.45) is 0.117. The zero-order valence-corrected chi connectivity index (χ0v) is 28.4. The minimum absolute atomic E-state index is 0.00849. The van der Waals surface area contributed by atoms with Crippen LogP contribution in [0.1, 0.15) is 65.2 Å². The SMILES string of the molecule is Cc1ccccc1C(NC(=O)CN1C[C@@H](c2ccc3c(c2)OCO3)[C@H](C(=O)O)[C@H]1c1ccc(OCCOC(C)C)cc1)c1ccccc1C. The lowest BCUT2D eigenvalue weighted by Crippen LogP contribution is -2.40. The molecule has 0 aromatic heterocycles. The molecule has 9 heteroatoms. The zero-order chi connectivity index (χ0) is 34.5. The minimum atomic E-state index is -0.931. The predicted molar refractivity (Wildman–Crippen MR) is 186 cm³/mol. The lowest BCUT2D eigenvalue weighted by Gasteiger charge is -2.29. The number of ether oxygens (including phenoxy) is 4. The standard InChI is InChI=1S/C40H44N2O7/c1-25(2)46-19-20-47-30-16-13-28(14-17-30)39-37(40(44)45)33(29-15-18-34-35(21-29)49-24-48-34)22-42(39)23-36(43)41-38(31-11-7-5-9-26(31)3)32-12-8-6-10-27(32)4/h5-18,21,25,33,37-39H,19-20,22-24H2,1-4H3,(H,41,43)(H,44,45)/t33-,37-,39+/m0/s1. The third kappa shape index (κ3) is 7.74. The monoisotopic (exact) mass is 664 g/mol. The number of aryl methyl sites for hydroxylation is 2. The number of carboxylic acid groups (broad SMARTS) is 1. The van der Waals surface area contributed by atoms with Crippen molar-refractivity contribution in [3.8, 4) is 17.2 Å². The van der Waals surface area contributed by atoms with E-state index in [9.17, 15) is 14.7 Å². The van der Waals surface area contributed by atoms with Crippen molar-refractivity contribution in [2.24, 2.45) is 5.92 Å². The number of nitrogens with one attached hydrogen (secondary N) is 1. The molecule has 0 aliphatic carbocycles. The molecule has 0 unspecified atom stereocenters. The number of hydrogen-bond acceptors (Lipinski definition) is 7. The molecule has 3 atom stereocenters. The zero-order valence-electron chi connectivity index (χ0n) is 28.4. The Morgan fingerprint density at radius 1 is 0.857 bits per heavy atom. The number of aliphatic carboxylic acids is 1. The Morgan fingerprint density at radius 2 is 1.49 bits per heavy atom. The molecule has 2 N–H and O–H groups in total. The molecule has 6 rings (SSSR count). The molecular weight excluding hydrogens is 620 g/mol. The highest BCUT2D eigenvalue weighted by atomic mass is 16.7. The molecule has 1 fully saturated rings. The molecule has 0 bridgehead atoms. The van der Waals surface area contributed by atoms with E-state index in [1.54, 1.807) is 0 Å². The predicted octanol–water partition coefficient (Wildman–Crippen LogP) is 6.58. The van der Waals surface area contributed by atoms with E-state index in [1.165, 1.54) is 0 Å². The van der Waals surface area contributed by atoms with Gasteiger partial charge in [0.15, 0.2) is 11.5 Å². The molecule has 2 aliphatic rings. The smallest absolute Gasteiger partial charge is 0.309 e. The number of carbonyl (C=O) groups is 2. The van der Waals surface area contributed by atoms with Crippen molar-refractivity contribution >= 4 is 11.9 Å². The van der Waals surface area contributed by atoms with Crippen molar-refractivity contribution in [3.05, 3.63) is 124 Å². The molecule has 1 saturated heterocycles. The van der Waals surface area contributed by atoms with Gasteiger partial charge in [-0.15, -0.1) is 0 Å². The van der Waals surface area contributed by atoms with Crippen LogP contribution in [0.3, 0.4) is 0 Å². The fourth-order valence-corrected chi connectivity index (χ4v) is 7.01. The van der Waals surface area contributed by atoms with E-state index in [4.69, 9.17) is 18.9 Å². The van der Waals surface area contributed by atoms with Gasteiger partial charge in [0.25, 0.3) is 0 Å². The lowest BCUT2D eigenvalue weighted by atomic mass is 9.82. The Kier molecular flexibility index (Phi) is 10.5. The van der Waals surface area contributed by atoms with Crippen LogP contribution in [0.15, 0.2) is 91.0 Å². The van der Waals surface area contributed by atoms with E-state index >= 15 is 0 Å². The van der Waals surface area contributed by atoms with Crippen LogP contribution in [0.5, 0.6) is 17.2 Å². The van der Waals surface area contributed by atoms with Gasteiger partial charge in [-0.05, 0) is 85.3 Å². The summed E-state index contributed by atoms with van der Waals surface area (Å²) in [5.41, 5.74) is 5.79. The quantitative estimate of drug-likeness (QED) is 0.154. The summed E-state index contributed by atoms with van der Waals surface area (Å²) in [7, 11) is 0. The first kappa shape index (κ1) is 34.0. The Labute approximate surface area is 287 Å². The van der Waals surface area contributed by atoms with Gasteiger partial charge in [-0.2, -0.15) is 0 Å². The maximum atomic E-state index is 14.1. The highest BCUT2D eigenvalue weighted by Gasteiger charge is 2.48. The minimum Gasteiger partial charge on any atom is -0.491 e. The van der Waals surface area contributed by atoms with Crippen LogP contribution >= 0.6 is 0 Å². The summed E-state index contributed by atoms with van der Waals surface area (Å²) < 4.78 is 22.6. The molecule has 1 amide bonds. The number of likely N-dealkylation sites (tertiary alicyclic amines) is 1. The maximum Gasteiger partial charge on any atom is 0.309 e. The number of carboxylic acids is 1. The molecule has 2 aliphatic heterocycles. The van der Waals surface area contributed by atoms with Crippen molar-refractivity contribution in [2.45, 2.75) is 51.8 Å². The fourth-order valence-electron chi connectivity index (χ4n) is 7.01. The van der Waals surface area contributed by atoms with Crippen molar-refractivity contribution in [3.63, 3.8) is 0 Å². The molecule has 2 heterocycles. The van der Waals surface area contributed by atoms with Crippen LogP contribution in [0.25, 0.3) is 0 Å². The second kappa shape index (κ2) is 15.1. The van der Waals surface area contributed by atoms with Gasteiger partial charge >= 0.3 is 5.97 Å². The largest absolute Gasteiger partial charge is 0.491 e. The number of nitrogens with zero attached hydrogens (tertiary/aromatic N) is 1. The average molecular weight is 665 g/mol. The van der Waals surface area contributed by atoms with Crippen LogP contribution < -0.4 is 19.5 Å². The Hall–Kier alpha value is -4.86. The molecule has 4 aromatic carbocycles. The molecule has 4 aromatic rings. The number of amides is 1. The van der Waals surface area contributed by atoms with Crippen LogP contribution in [0, 0.1) is 19.8 Å². The molecule has 9 nitrogen and oxygen atoms in total. The van der Waals surface area contributed by atoms with Gasteiger partial charge in [0.1, 0.15) is 12.4 Å². The van der Waals surface area contributed by atoms with Crippen molar-refractivity contribution in [1.29, 1.82) is 0 Å². The van der Waals surface area contributed by atoms with Gasteiger partial charge in [-0.3, -0.25) is 14.5 Å². The number of fused-ring (bicyclic) bond motifs is 1. The van der Waals surface area contributed by atoms with Gasteiger partial charge in [0.2, 0.25) is 12.7 Å². The second-order valence-electron chi connectivity index (χ2n) is 13.0. The van der Waals surface area contributed by atoms with E-state index in [-0.39, 0.29) is 31.4 Å². The summed E-state index contributed by atoms with van der Waals surface area (Å²) >= 11 is 0. The Balaban J connectivity index is 1.30. The molecule has 49 heavy (non-hydrogen) atoms. The van der Waals surface area contributed by atoms with E-state index in [0.717, 1.165) is 33.4 Å². The summed E-state index contributed by atoms with van der Waals surface area (Å²) in [4.78, 5) is 29.2. The number of rotatable bonds is 13. The van der Waals surface area contributed by atoms with Crippen LogP contribution in [0.2, 0.25) is 0 Å². The van der Waals surface area contributed by atoms with Crippen LogP contribution in [-0.4, -0.2) is 61.1 Å². The summed E-state index contributed by atoms with van der Waals surface area (Å²) in [5.74, 6) is -0.468. The number of hydrogen-bond donors (Lipinski definition) is 2. The highest BCUT2D eigenvalue weighted by Crippen LogP contribution is 2.48. The van der Waals surface area contributed by atoms with Crippen molar-refractivity contribution < 1.29 is 33.6 Å². The molecule has 0 radical (unpaired) electrons. The Morgan fingerprint density at radius 3 is 2.12 bits per heavy atom. The molecule has 0 saturated carbocycles. The van der Waals surface area contributed by atoms with Gasteiger partial charge in [-0.1, -0.05) is 66.7 Å². The first-order chi connectivity index (χ1) is 23.7. The van der Waals surface area contributed by atoms with Crippen molar-refractivity contribution in [2.75, 3.05) is 33.1 Å². The number of benzene rings is 4. The number of carbonyl (C=O) groups excluding carboxylic acids is 1. The van der Waals surface area contributed by atoms with E-state index in [2.05, 4.69) is 5.32 Å². The van der Waals surface area contributed by atoms with Gasteiger partial charge < -0.3 is 29.4 Å². The first-order valence-corrected chi connectivity index (χ1v) is 16.8. The average Bonchev–Trinajstić information content (AvgIpc) is 3.71. The third-order valence-electron chi connectivity index (χ3n) is 9.38. The van der Waals surface area contributed by atoms with Crippen LogP contribution in [-0.2, 0) is 14.3 Å². The second-order valence-corrected chi connectivity index (χ2v) is 13.0. The van der Waals surface area contributed by atoms with E-state index in [1.807, 2.05) is 124 Å². The molecular formula is C40H44N2O7. The molecule has 256 valence electrons. The fraction of sp³-hybridized carbons (Fsp3) is 0.350. The Bertz CT molecular complexity index is 1730. The lowest BCUT2D eigenvalue weighted by molar-refractivity contribution is -0.143. The third-order valence-corrected chi connectivity index (χ3v) is 9.38. The summed E-state index contributed by atoms with van der Waals surface area (Å²) in [6, 6.07) is 28.3. The van der Waals surface area contributed by atoms with E-state index < -0.39 is 23.8 Å². The normalized spacial score (nSPS) is 18.6. The first-order valence-electron chi connectivity index (χ1n) is 16.8. The van der Waals surface area contributed by atoms with Gasteiger partial charge in [0, 0.05) is 18.5 Å². The van der Waals surface area contributed by atoms with Gasteiger partial charge in [0.05, 0.1) is 31.2 Å². The summed E-state index contributed by atoms with van der Waals surface area (Å²) in [6.45, 7) is 9.40.